The zero-order valence-electron chi connectivity index (χ0n) is 32.4. The van der Waals surface area contributed by atoms with Crippen LogP contribution in [0.15, 0.2) is 48.6 Å². The highest BCUT2D eigenvalue weighted by Gasteiger charge is 2.48. The number of carbonyl (C=O) groups is 1. The molecule has 53 heavy (non-hydrogen) atoms. The second-order valence-electron chi connectivity index (χ2n) is 17.5. The standard InChI is InChI=1S/C42H57ClN2O6SSi/c1-29-12-10-22-42(47,21-8-9-23-51-53(6,7)40(3,4)5)36-17-14-33(36)26-45-27-41(20-11-13-31-24-34(43)16-18-35(31)41)28-50-38-19-15-32(25-37(38)45)39(46)44-52(48,49)30(29)2/h10,15-16,18-19,22,24-25,29-30,33,36,47H,9,11-14,17,20,23,26-28H2,1-7H3,(H,44,46)/b22-10+/t29-,30+,33-,36+,41-,42-/m0/s1. The molecule has 2 aromatic carbocycles. The quantitative estimate of drug-likeness (QED) is 0.141. The van der Waals surface area contributed by atoms with Gasteiger partial charge in [-0.3, -0.25) is 4.79 Å². The molecule has 2 N–H and O–H groups in total. The largest absolute Gasteiger partial charge is 0.490 e. The number of sulfonamides is 1. The number of nitrogens with zero attached hydrogens (tertiary/aromatic N) is 1. The molecule has 0 unspecified atom stereocenters. The van der Waals surface area contributed by atoms with Crippen LogP contribution in [0.3, 0.4) is 0 Å². The van der Waals surface area contributed by atoms with Crippen LogP contribution in [0.1, 0.15) is 94.6 Å². The van der Waals surface area contributed by atoms with Gasteiger partial charge in [0, 0.05) is 48.0 Å². The Morgan fingerprint density at radius 1 is 1.15 bits per heavy atom. The van der Waals surface area contributed by atoms with E-state index in [1.165, 1.54) is 11.1 Å². The van der Waals surface area contributed by atoms with Gasteiger partial charge < -0.3 is 19.2 Å². The van der Waals surface area contributed by atoms with E-state index in [0.717, 1.165) is 42.8 Å². The molecule has 288 valence electrons. The van der Waals surface area contributed by atoms with Crippen LogP contribution in [0.5, 0.6) is 5.75 Å². The first kappa shape index (κ1) is 39.9. The first-order valence-electron chi connectivity index (χ1n) is 19.2. The predicted molar refractivity (Wildman–Crippen MR) is 216 cm³/mol. The van der Waals surface area contributed by atoms with Crippen LogP contribution in [0, 0.1) is 29.6 Å². The van der Waals surface area contributed by atoms with Crippen molar-refractivity contribution in [3.63, 3.8) is 0 Å². The number of anilines is 1. The van der Waals surface area contributed by atoms with E-state index in [-0.39, 0.29) is 33.8 Å². The SMILES string of the molecule is C[C@@H]1[C@@H](C)C/C=C/[C@@](O)(C#CCCO[Si](C)(C)C(C)(C)C)[C@@H]2CC[C@H]2CN2C[C@@]3(CCCc4cc(Cl)ccc43)COc3ccc(cc32)C(=O)NS1(=O)=O. The Morgan fingerprint density at radius 3 is 2.64 bits per heavy atom. The lowest BCUT2D eigenvalue weighted by atomic mass is 9.64. The molecule has 2 aliphatic heterocycles. The second-order valence-corrected chi connectivity index (χ2v) is 24.8. The van der Waals surface area contributed by atoms with E-state index in [2.05, 4.69) is 67.5 Å². The second kappa shape index (κ2) is 15.0. The molecule has 1 spiro atoms. The molecule has 6 atom stereocenters. The van der Waals surface area contributed by atoms with Crippen molar-refractivity contribution >= 4 is 41.5 Å². The molecule has 1 saturated carbocycles. The van der Waals surface area contributed by atoms with Crippen molar-refractivity contribution in [2.24, 2.45) is 17.8 Å². The zero-order chi connectivity index (χ0) is 38.4. The third-order valence-electron chi connectivity index (χ3n) is 12.9. The fourth-order valence-corrected chi connectivity index (χ4v) is 10.7. The van der Waals surface area contributed by atoms with E-state index in [1.54, 1.807) is 31.2 Å². The lowest BCUT2D eigenvalue weighted by molar-refractivity contribution is -0.00326. The molecule has 2 aliphatic carbocycles. The molecular weight excluding hydrogens is 724 g/mol. The molecule has 6 rings (SSSR count). The molecule has 8 nitrogen and oxygen atoms in total. The van der Waals surface area contributed by atoms with Crippen LogP contribution >= 0.6 is 11.6 Å². The van der Waals surface area contributed by atoms with Crippen molar-refractivity contribution in [3.05, 3.63) is 70.3 Å². The summed E-state index contributed by atoms with van der Waals surface area (Å²) in [5.41, 5.74) is 1.75. The molecule has 1 amide bonds. The normalized spacial score (nSPS) is 30.7. The highest BCUT2D eigenvalue weighted by molar-refractivity contribution is 7.90. The van der Waals surface area contributed by atoms with E-state index in [1.807, 2.05) is 19.1 Å². The highest BCUT2D eigenvalue weighted by Crippen LogP contribution is 2.48. The van der Waals surface area contributed by atoms with Gasteiger partial charge in [-0.15, -0.1) is 0 Å². The number of carbonyl (C=O) groups excluding carboxylic acids is 1. The number of rotatable bonds is 3. The monoisotopic (exact) mass is 780 g/mol. The van der Waals surface area contributed by atoms with Gasteiger partial charge in [-0.1, -0.05) is 63.3 Å². The number of aryl methyl sites for hydroxylation is 1. The smallest absolute Gasteiger partial charge is 0.264 e. The van der Waals surface area contributed by atoms with Crippen molar-refractivity contribution in [1.29, 1.82) is 0 Å². The van der Waals surface area contributed by atoms with Gasteiger partial charge in [0.05, 0.1) is 17.5 Å². The maximum absolute atomic E-state index is 13.6. The number of ether oxygens (including phenoxy) is 1. The third-order valence-corrected chi connectivity index (χ3v) is 19.6. The third kappa shape index (κ3) is 8.25. The number of halogens is 1. The van der Waals surface area contributed by atoms with Crippen molar-refractivity contribution in [2.75, 3.05) is 31.2 Å². The number of aliphatic hydroxyl groups is 1. The van der Waals surface area contributed by atoms with Crippen LogP contribution in [-0.4, -0.2) is 64.9 Å². The van der Waals surface area contributed by atoms with Gasteiger partial charge in [-0.2, -0.15) is 0 Å². The lowest BCUT2D eigenvalue weighted by Gasteiger charge is -2.47. The zero-order valence-corrected chi connectivity index (χ0v) is 35.0. The average molecular weight is 782 g/mol. The fourth-order valence-electron chi connectivity index (χ4n) is 8.18. The fraction of sp³-hybridized carbons (Fsp3) is 0.595. The van der Waals surface area contributed by atoms with Crippen LogP contribution in [0.2, 0.25) is 23.2 Å². The van der Waals surface area contributed by atoms with Gasteiger partial charge in [-0.25, -0.2) is 13.1 Å². The summed E-state index contributed by atoms with van der Waals surface area (Å²) in [5.74, 6) is 6.20. The van der Waals surface area contributed by atoms with E-state index >= 15 is 0 Å². The van der Waals surface area contributed by atoms with Crippen LogP contribution in [-0.2, 0) is 26.3 Å². The van der Waals surface area contributed by atoms with Gasteiger partial charge in [0.2, 0.25) is 10.0 Å². The van der Waals surface area contributed by atoms with Crippen LogP contribution < -0.4 is 14.4 Å². The number of hydrogen-bond acceptors (Lipinski definition) is 7. The molecular formula is C42H57ClN2O6SSi. The summed E-state index contributed by atoms with van der Waals surface area (Å²) in [7, 11) is -5.94. The Kier molecular flexibility index (Phi) is 11.3. The summed E-state index contributed by atoms with van der Waals surface area (Å²) in [6.45, 7) is 16.8. The molecule has 11 heteroatoms. The van der Waals surface area contributed by atoms with E-state index < -0.39 is 35.1 Å². The van der Waals surface area contributed by atoms with Gasteiger partial charge >= 0.3 is 0 Å². The summed E-state index contributed by atoms with van der Waals surface area (Å²) in [4.78, 5) is 15.9. The first-order chi connectivity index (χ1) is 24.8. The highest BCUT2D eigenvalue weighted by atomic mass is 35.5. The summed E-state index contributed by atoms with van der Waals surface area (Å²) in [6.07, 6.45) is 9.20. The minimum atomic E-state index is -4.01. The summed E-state index contributed by atoms with van der Waals surface area (Å²) >= 11 is 6.47. The summed E-state index contributed by atoms with van der Waals surface area (Å²) < 4.78 is 42.3. The molecule has 1 fully saturated rings. The Bertz CT molecular complexity index is 1920. The topological polar surface area (TPSA) is 105 Å². The maximum atomic E-state index is 13.6. The van der Waals surface area contributed by atoms with Gasteiger partial charge in [0.1, 0.15) is 11.4 Å². The number of allylic oxidation sites excluding steroid dienone is 1. The molecule has 2 heterocycles. The Balaban J connectivity index is 1.38. The number of nitrogens with one attached hydrogen (secondary N) is 1. The predicted octanol–water partition coefficient (Wildman–Crippen LogP) is 8.03. The Labute approximate surface area is 323 Å². The number of amides is 1. The number of hydrogen-bond donors (Lipinski definition) is 2. The van der Waals surface area contributed by atoms with Crippen molar-refractivity contribution < 1.29 is 27.5 Å². The summed E-state index contributed by atoms with van der Waals surface area (Å²) in [6, 6.07) is 11.4. The molecule has 0 aromatic heterocycles. The number of benzene rings is 2. The van der Waals surface area contributed by atoms with E-state index in [9.17, 15) is 18.3 Å². The Morgan fingerprint density at radius 2 is 1.92 bits per heavy atom. The molecule has 0 saturated heterocycles. The minimum Gasteiger partial charge on any atom is -0.490 e. The first-order valence-corrected chi connectivity index (χ1v) is 24.1. The van der Waals surface area contributed by atoms with Gasteiger partial charge in [-0.05, 0) is 123 Å². The Hall–Kier alpha value is -2.81. The van der Waals surface area contributed by atoms with Crippen molar-refractivity contribution in [2.45, 2.75) is 114 Å². The van der Waals surface area contributed by atoms with Crippen LogP contribution in [0.4, 0.5) is 5.69 Å². The maximum Gasteiger partial charge on any atom is 0.264 e. The lowest BCUT2D eigenvalue weighted by Crippen LogP contribution is -2.52. The molecule has 4 aliphatic rings. The van der Waals surface area contributed by atoms with Gasteiger partial charge in [0.15, 0.2) is 8.32 Å². The van der Waals surface area contributed by atoms with Crippen molar-refractivity contribution in [1.82, 2.24) is 4.72 Å². The van der Waals surface area contributed by atoms with Crippen LogP contribution in [0.25, 0.3) is 0 Å². The minimum absolute atomic E-state index is 0.0940. The van der Waals surface area contributed by atoms with E-state index in [0.29, 0.717) is 44.9 Å². The van der Waals surface area contributed by atoms with Crippen molar-refractivity contribution in [3.8, 4) is 17.6 Å². The molecule has 2 aromatic rings. The van der Waals surface area contributed by atoms with Gasteiger partial charge in [0.25, 0.3) is 5.91 Å². The van der Waals surface area contributed by atoms with E-state index in [4.69, 9.17) is 20.8 Å². The molecule has 0 radical (unpaired) electrons. The molecule has 2 bridgehead atoms. The average Bonchev–Trinajstić information content (AvgIpc) is 3.21. The summed E-state index contributed by atoms with van der Waals surface area (Å²) in [5, 5.41) is 12.4. The number of fused-ring (bicyclic) bond motifs is 4.